The Morgan fingerprint density at radius 1 is 0.840 bits per heavy atom. The van der Waals surface area contributed by atoms with Gasteiger partial charge in [-0.15, -0.1) is 0 Å². The van der Waals surface area contributed by atoms with E-state index in [0.717, 1.165) is 11.4 Å². The number of nitrogens with zero attached hydrogens (tertiary/aromatic N) is 2. The second kappa shape index (κ2) is 7.00. The van der Waals surface area contributed by atoms with E-state index in [2.05, 4.69) is 46.6 Å². The van der Waals surface area contributed by atoms with Crippen LogP contribution in [-0.2, 0) is 0 Å². The molecule has 0 atom stereocenters. The van der Waals surface area contributed by atoms with Crippen LogP contribution in [0, 0.1) is 13.8 Å². The second-order valence-corrected chi connectivity index (χ2v) is 5.72. The van der Waals surface area contributed by atoms with Crippen LogP contribution in [0.15, 0.2) is 54.9 Å². The summed E-state index contributed by atoms with van der Waals surface area (Å²) in [6.45, 7) is 4.13. The lowest BCUT2D eigenvalue weighted by molar-refractivity contribution is 0.0697. The summed E-state index contributed by atoms with van der Waals surface area (Å²) in [6, 6.07) is 14.4. The van der Waals surface area contributed by atoms with Crippen LogP contribution in [0.5, 0.6) is 0 Å². The van der Waals surface area contributed by atoms with Crippen LogP contribution in [-0.4, -0.2) is 21.0 Å². The van der Waals surface area contributed by atoms with Gasteiger partial charge in [0.1, 0.15) is 18.0 Å². The number of anilines is 4. The highest BCUT2D eigenvalue weighted by Gasteiger charge is 2.04. The number of aromatic nitrogens is 2. The third-order valence-corrected chi connectivity index (χ3v) is 3.85. The normalized spacial score (nSPS) is 10.3. The van der Waals surface area contributed by atoms with Crippen molar-refractivity contribution in [2.45, 2.75) is 13.8 Å². The van der Waals surface area contributed by atoms with Crippen molar-refractivity contribution in [2.75, 3.05) is 10.6 Å². The smallest absolute Gasteiger partial charge is 0.335 e. The summed E-state index contributed by atoms with van der Waals surface area (Å²) in [4.78, 5) is 19.3. The van der Waals surface area contributed by atoms with Gasteiger partial charge < -0.3 is 15.7 Å². The molecule has 2 aromatic carbocycles. The predicted octanol–water partition coefficient (Wildman–Crippen LogP) is 4.28. The summed E-state index contributed by atoms with van der Waals surface area (Å²) in [5.41, 5.74) is 4.39. The summed E-state index contributed by atoms with van der Waals surface area (Å²) >= 11 is 0. The molecule has 0 unspecified atom stereocenters. The molecule has 1 aromatic heterocycles. The Morgan fingerprint density at radius 3 is 2.04 bits per heavy atom. The molecule has 126 valence electrons. The van der Waals surface area contributed by atoms with Crippen LogP contribution in [0.25, 0.3) is 0 Å². The van der Waals surface area contributed by atoms with Crippen LogP contribution in [0.1, 0.15) is 21.5 Å². The minimum atomic E-state index is -0.950. The molecule has 0 bridgehead atoms. The van der Waals surface area contributed by atoms with Crippen LogP contribution < -0.4 is 10.6 Å². The van der Waals surface area contributed by atoms with Crippen LogP contribution in [0.2, 0.25) is 0 Å². The number of carbonyl (C=O) groups is 1. The lowest BCUT2D eigenvalue weighted by Crippen LogP contribution is -2.00. The highest BCUT2D eigenvalue weighted by atomic mass is 16.4. The van der Waals surface area contributed by atoms with Gasteiger partial charge in [0, 0.05) is 17.4 Å². The molecular weight excluding hydrogens is 316 g/mol. The SMILES string of the molecule is Cc1ccc(Nc2cc(Nc3ccc(C(=O)O)cc3)ncn2)cc1C. The fourth-order valence-corrected chi connectivity index (χ4v) is 2.31. The number of rotatable bonds is 5. The average Bonchev–Trinajstić information content (AvgIpc) is 2.59. The molecule has 0 amide bonds. The Balaban J connectivity index is 1.74. The number of hydrogen-bond acceptors (Lipinski definition) is 5. The molecule has 0 aliphatic heterocycles. The van der Waals surface area contributed by atoms with Gasteiger partial charge in [0.15, 0.2) is 0 Å². The summed E-state index contributed by atoms with van der Waals surface area (Å²) in [5.74, 6) is 0.334. The Hall–Kier alpha value is -3.41. The van der Waals surface area contributed by atoms with Crippen LogP contribution in [0.4, 0.5) is 23.0 Å². The molecule has 0 radical (unpaired) electrons. The molecule has 0 aliphatic rings. The number of aromatic carboxylic acids is 1. The molecule has 6 heteroatoms. The number of carboxylic acid groups (broad SMARTS) is 1. The zero-order valence-corrected chi connectivity index (χ0v) is 13.9. The highest BCUT2D eigenvalue weighted by molar-refractivity contribution is 5.88. The first-order valence-electron chi connectivity index (χ1n) is 7.78. The van der Waals surface area contributed by atoms with Gasteiger partial charge >= 0.3 is 5.97 Å². The summed E-state index contributed by atoms with van der Waals surface area (Å²) in [6.07, 6.45) is 1.47. The average molecular weight is 334 g/mol. The van der Waals surface area contributed by atoms with Crippen LogP contribution >= 0.6 is 0 Å². The van der Waals surface area contributed by atoms with Gasteiger partial charge in [0.25, 0.3) is 0 Å². The maximum Gasteiger partial charge on any atom is 0.335 e. The number of hydrogen-bond donors (Lipinski definition) is 3. The highest BCUT2D eigenvalue weighted by Crippen LogP contribution is 2.21. The standard InChI is InChI=1S/C19H18N4O2/c1-12-3-6-16(9-13(12)2)23-18-10-17(20-11-21-18)22-15-7-4-14(5-8-15)19(24)25/h3-11H,1-2H3,(H,24,25)(H2,20,21,22,23). The minimum absolute atomic E-state index is 0.241. The molecule has 25 heavy (non-hydrogen) atoms. The van der Waals surface area contributed by atoms with Gasteiger partial charge in [-0.2, -0.15) is 0 Å². The van der Waals surface area contributed by atoms with Crippen molar-refractivity contribution < 1.29 is 9.90 Å². The molecule has 6 nitrogen and oxygen atoms in total. The fourth-order valence-electron chi connectivity index (χ4n) is 2.31. The second-order valence-electron chi connectivity index (χ2n) is 5.72. The predicted molar refractivity (Wildman–Crippen MR) is 97.9 cm³/mol. The molecule has 0 saturated heterocycles. The number of benzene rings is 2. The van der Waals surface area contributed by atoms with E-state index in [1.807, 2.05) is 6.07 Å². The first-order valence-corrected chi connectivity index (χ1v) is 7.78. The lowest BCUT2D eigenvalue weighted by Gasteiger charge is -2.10. The molecule has 1 heterocycles. The number of nitrogens with one attached hydrogen (secondary N) is 2. The van der Waals surface area contributed by atoms with Crippen molar-refractivity contribution in [2.24, 2.45) is 0 Å². The Bertz CT molecular complexity index is 908. The molecule has 3 aromatic rings. The molecule has 3 N–H and O–H groups in total. The quantitative estimate of drug-likeness (QED) is 0.645. The van der Waals surface area contributed by atoms with Crippen LogP contribution in [0.3, 0.4) is 0 Å². The zero-order chi connectivity index (χ0) is 17.8. The third kappa shape index (κ3) is 4.11. The van der Waals surface area contributed by atoms with E-state index in [-0.39, 0.29) is 5.56 Å². The van der Waals surface area contributed by atoms with Gasteiger partial charge in [-0.3, -0.25) is 0 Å². The monoisotopic (exact) mass is 334 g/mol. The van der Waals surface area contributed by atoms with E-state index in [9.17, 15) is 4.79 Å². The Kier molecular flexibility index (Phi) is 4.61. The van der Waals surface area contributed by atoms with Crippen molar-refractivity contribution in [3.05, 3.63) is 71.5 Å². The van der Waals surface area contributed by atoms with E-state index in [0.29, 0.717) is 11.6 Å². The van der Waals surface area contributed by atoms with Crippen molar-refractivity contribution in [1.29, 1.82) is 0 Å². The first-order chi connectivity index (χ1) is 12.0. The van der Waals surface area contributed by atoms with E-state index in [1.165, 1.54) is 17.5 Å². The first kappa shape index (κ1) is 16.4. The van der Waals surface area contributed by atoms with Crippen molar-refractivity contribution in [3.8, 4) is 0 Å². The van der Waals surface area contributed by atoms with Gasteiger partial charge in [0.05, 0.1) is 5.56 Å². The van der Waals surface area contributed by atoms with Gasteiger partial charge in [-0.25, -0.2) is 14.8 Å². The summed E-state index contributed by atoms with van der Waals surface area (Å²) in [5, 5.41) is 15.3. The Labute approximate surface area is 145 Å². The summed E-state index contributed by atoms with van der Waals surface area (Å²) in [7, 11) is 0. The van der Waals surface area contributed by atoms with Crippen molar-refractivity contribution >= 4 is 29.0 Å². The van der Waals surface area contributed by atoms with Gasteiger partial charge in [-0.05, 0) is 61.4 Å². The third-order valence-electron chi connectivity index (χ3n) is 3.85. The lowest BCUT2D eigenvalue weighted by atomic mass is 10.1. The van der Waals surface area contributed by atoms with E-state index < -0.39 is 5.97 Å². The van der Waals surface area contributed by atoms with Gasteiger partial charge in [-0.1, -0.05) is 6.07 Å². The van der Waals surface area contributed by atoms with Gasteiger partial charge in [0.2, 0.25) is 0 Å². The number of aryl methyl sites for hydroxylation is 2. The Morgan fingerprint density at radius 2 is 1.44 bits per heavy atom. The molecular formula is C19H18N4O2. The van der Waals surface area contributed by atoms with E-state index in [4.69, 9.17) is 5.11 Å². The minimum Gasteiger partial charge on any atom is -0.478 e. The maximum absolute atomic E-state index is 10.9. The molecule has 0 saturated carbocycles. The largest absolute Gasteiger partial charge is 0.478 e. The van der Waals surface area contributed by atoms with E-state index in [1.54, 1.807) is 30.3 Å². The molecule has 3 rings (SSSR count). The molecule has 0 aliphatic carbocycles. The topological polar surface area (TPSA) is 87.1 Å². The maximum atomic E-state index is 10.9. The fraction of sp³-hybridized carbons (Fsp3) is 0.105. The molecule has 0 spiro atoms. The van der Waals surface area contributed by atoms with E-state index >= 15 is 0 Å². The zero-order valence-electron chi connectivity index (χ0n) is 13.9. The van der Waals surface area contributed by atoms with Crippen molar-refractivity contribution in [1.82, 2.24) is 9.97 Å². The number of carboxylic acids is 1. The molecule has 0 fully saturated rings. The summed E-state index contributed by atoms with van der Waals surface area (Å²) < 4.78 is 0. The van der Waals surface area contributed by atoms with Crippen molar-refractivity contribution in [3.63, 3.8) is 0 Å².